The van der Waals surface area contributed by atoms with Crippen LogP contribution in [0.4, 0.5) is 5.82 Å². The zero-order valence-electron chi connectivity index (χ0n) is 21.9. The van der Waals surface area contributed by atoms with Gasteiger partial charge in [-0.1, -0.05) is 42.6 Å². The number of aromatic nitrogens is 4. The zero-order chi connectivity index (χ0) is 27.4. The minimum atomic E-state index is -2.97. The lowest BCUT2D eigenvalue weighted by Gasteiger charge is -2.41. The van der Waals surface area contributed by atoms with E-state index in [1.807, 2.05) is 13.0 Å². The van der Waals surface area contributed by atoms with Gasteiger partial charge < -0.3 is 9.80 Å². The molecular weight excluding hydrogens is 545 g/mol. The number of benzene rings is 1. The Balaban J connectivity index is 1.45. The van der Waals surface area contributed by atoms with Crippen LogP contribution in [0.1, 0.15) is 50.4 Å². The number of fused-ring (bicyclic) bond motifs is 1. The molecule has 2 aromatic heterocycles. The zero-order valence-corrected chi connectivity index (χ0v) is 24.3. The predicted molar refractivity (Wildman–Crippen MR) is 152 cm³/mol. The summed E-state index contributed by atoms with van der Waals surface area (Å²) in [6.45, 7) is 8.19. The van der Waals surface area contributed by atoms with E-state index < -0.39 is 9.84 Å². The van der Waals surface area contributed by atoms with Crippen molar-refractivity contribution < 1.29 is 8.42 Å². The van der Waals surface area contributed by atoms with Crippen LogP contribution in [0.3, 0.4) is 0 Å². The average Bonchev–Trinajstić information content (AvgIpc) is 3.21. The molecule has 38 heavy (non-hydrogen) atoms. The lowest BCUT2D eigenvalue weighted by atomic mass is 9.96. The van der Waals surface area contributed by atoms with Crippen molar-refractivity contribution in [2.24, 2.45) is 5.92 Å². The molecule has 3 aromatic rings. The lowest BCUT2D eigenvalue weighted by Crippen LogP contribution is -2.48. The summed E-state index contributed by atoms with van der Waals surface area (Å²) < 4.78 is 24.9. The highest BCUT2D eigenvalue weighted by Crippen LogP contribution is 2.32. The molecule has 1 atom stereocenters. The highest BCUT2D eigenvalue weighted by atomic mass is 35.5. The van der Waals surface area contributed by atoms with E-state index in [0.29, 0.717) is 33.7 Å². The maximum Gasteiger partial charge on any atom is 0.190 e. The fraction of sp³-hybridized carbons (Fsp3) is 0.538. The van der Waals surface area contributed by atoms with Crippen molar-refractivity contribution in [2.45, 2.75) is 39.2 Å². The Morgan fingerprint density at radius 2 is 2.00 bits per heavy atom. The van der Waals surface area contributed by atoms with E-state index in [-0.39, 0.29) is 17.5 Å². The molecule has 0 bridgehead atoms. The number of nitriles is 1. The van der Waals surface area contributed by atoms with Gasteiger partial charge in [-0.15, -0.1) is 0 Å². The van der Waals surface area contributed by atoms with Gasteiger partial charge in [-0.25, -0.2) is 23.1 Å². The van der Waals surface area contributed by atoms with Crippen LogP contribution in [0, 0.1) is 17.2 Å². The monoisotopic (exact) mass is 577 g/mol. The van der Waals surface area contributed by atoms with Crippen LogP contribution in [0.5, 0.6) is 0 Å². The van der Waals surface area contributed by atoms with Crippen LogP contribution >= 0.6 is 23.2 Å². The van der Waals surface area contributed by atoms with E-state index >= 15 is 0 Å². The van der Waals surface area contributed by atoms with E-state index in [4.69, 9.17) is 28.2 Å². The summed E-state index contributed by atoms with van der Waals surface area (Å²) >= 11 is 12.5. The van der Waals surface area contributed by atoms with Crippen molar-refractivity contribution in [1.29, 1.82) is 5.26 Å². The number of anilines is 1. The predicted octanol–water partition coefficient (Wildman–Crippen LogP) is 4.59. The Morgan fingerprint density at radius 1 is 1.24 bits per heavy atom. The third kappa shape index (κ3) is 6.75. The Hall–Kier alpha value is -2.45. The summed E-state index contributed by atoms with van der Waals surface area (Å²) in [4.78, 5) is 13.8. The Labute approximate surface area is 234 Å². The third-order valence-electron chi connectivity index (χ3n) is 7.02. The fourth-order valence-electron chi connectivity index (χ4n) is 4.69. The van der Waals surface area contributed by atoms with Crippen LogP contribution in [-0.2, 0) is 9.84 Å². The third-order valence-corrected chi connectivity index (χ3v) is 8.50. The molecule has 3 heterocycles. The molecule has 0 unspecified atom stereocenters. The van der Waals surface area contributed by atoms with Crippen molar-refractivity contribution in [2.75, 3.05) is 49.6 Å². The van der Waals surface area contributed by atoms with Gasteiger partial charge in [0.2, 0.25) is 0 Å². The molecule has 1 aliphatic heterocycles. The van der Waals surface area contributed by atoms with Gasteiger partial charge in [0.15, 0.2) is 11.3 Å². The second-order valence-corrected chi connectivity index (χ2v) is 13.1. The highest BCUT2D eigenvalue weighted by molar-refractivity contribution is 7.90. The molecule has 0 amide bonds. The molecule has 1 aromatic carbocycles. The first-order valence-electron chi connectivity index (χ1n) is 12.8. The van der Waals surface area contributed by atoms with Gasteiger partial charge in [-0.05, 0) is 56.5 Å². The number of nitrogens with zero attached hydrogens (tertiary/aromatic N) is 7. The first kappa shape index (κ1) is 28.6. The Kier molecular flexibility index (Phi) is 9.14. The highest BCUT2D eigenvalue weighted by Gasteiger charge is 2.29. The molecule has 9 nitrogen and oxygen atoms in total. The maximum absolute atomic E-state index is 11.6. The number of hydrogen-bond acceptors (Lipinski definition) is 8. The van der Waals surface area contributed by atoms with Gasteiger partial charge in [-0.2, -0.15) is 10.4 Å². The van der Waals surface area contributed by atoms with Crippen LogP contribution in [0.2, 0.25) is 10.0 Å². The molecule has 12 heteroatoms. The smallest absolute Gasteiger partial charge is 0.190 e. The van der Waals surface area contributed by atoms with E-state index in [0.717, 1.165) is 56.8 Å². The van der Waals surface area contributed by atoms with Crippen LogP contribution in [-0.4, -0.2) is 77.8 Å². The minimum absolute atomic E-state index is 0.196. The van der Waals surface area contributed by atoms with Gasteiger partial charge in [0, 0.05) is 35.9 Å². The van der Waals surface area contributed by atoms with Crippen molar-refractivity contribution in [3.05, 3.63) is 45.7 Å². The van der Waals surface area contributed by atoms with Crippen LogP contribution < -0.4 is 4.90 Å². The molecule has 0 saturated carbocycles. The molecule has 0 spiro atoms. The molecule has 1 fully saturated rings. The summed E-state index contributed by atoms with van der Waals surface area (Å²) in [6.07, 6.45) is 6.14. The van der Waals surface area contributed by atoms with Crippen molar-refractivity contribution in [3.8, 4) is 6.07 Å². The molecule has 0 radical (unpaired) electrons. The first-order chi connectivity index (χ1) is 18.1. The van der Waals surface area contributed by atoms with Crippen molar-refractivity contribution in [1.82, 2.24) is 24.6 Å². The van der Waals surface area contributed by atoms with Crippen molar-refractivity contribution >= 4 is 50.0 Å². The topological polar surface area (TPSA) is 108 Å². The molecule has 0 aliphatic carbocycles. The Bertz CT molecular complexity index is 1430. The quantitative estimate of drug-likeness (QED) is 0.307. The molecule has 1 saturated heterocycles. The lowest BCUT2D eigenvalue weighted by molar-refractivity contribution is 0.245. The molecule has 1 aliphatic rings. The first-order valence-corrected chi connectivity index (χ1v) is 15.7. The Morgan fingerprint density at radius 3 is 2.66 bits per heavy atom. The van der Waals surface area contributed by atoms with E-state index in [2.05, 4.69) is 32.9 Å². The summed E-state index contributed by atoms with van der Waals surface area (Å²) in [6, 6.07) is 7.16. The van der Waals surface area contributed by atoms with Crippen LogP contribution in [0.25, 0.3) is 11.2 Å². The van der Waals surface area contributed by atoms with Gasteiger partial charge in [0.1, 0.15) is 27.2 Å². The van der Waals surface area contributed by atoms with Gasteiger partial charge >= 0.3 is 0 Å². The largest absolute Gasteiger partial charge is 0.355 e. The number of sulfone groups is 1. The fourth-order valence-corrected chi connectivity index (χ4v) is 5.84. The number of rotatable bonds is 12. The summed E-state index contributed by atoms with van der Waals surface area (Å²) in [5.74, 6) is 1.44. The number of unbranched alkanes of at least 4 members (excludes halogenated alkanes) is 1. The standard InChI is InChI=1S/C26H33Cl2N7O2S/c1-4-5-9-33(11-12-38(3,36)37)10-8-19-16-34(17-19)24-15-30-25-23(14-29)32-35(26(25)31-24)18(2)21-7-6-20(27)13-22(21)28/h6-7,13,15,18-19H,4-5,8-12,16-17H2,1-3H3/t18-/m1/s1. The molecular formula is C26H33Cl2N7O2S. The molecule has 4 rings (SSSR count). The number of halogens is 2. The maximum atomic E-state index is 11.6. The van der Waals surface area contributed by atoms with E-state index in [1.165, 1.54) is 6.26 Å². The van der Waals surface area contributed by atoms with Gasteiger partial charge in [0.05, 0.1) is 18.0 Å². The summed E-state index contributed by atoms with van der Waals surface area (Å²) in [5, 5.41) is 15.2. The average molecular weight is 579 g/mol. The van der Waals surface area contributed by atoms with E-state index in [9.17, 15) is 13.7 Å². The van der Waals surface area contributed by atoms with Gasteiger partial charge in [0.25, 0.3) is 0 Å². The van der Waals surface area contributed by atoms with Crippen LogP contribution in [0.15, 0.2) is 24.4 Å². The summed E-state index contributed by atoms with van der Waals surface area (Å²) in [7, 11) is -2.97. The molecule has 204 valence electrons. The second kappa shape index (κ2) is 12.2. The molecule has 0 N–H and O–H groups in total. The van der Waals surface area contributed by atoms with Crippen molar-refractivity contribution in [3.63, 3.8) is 0 Å². The summed E-state index contributed by atoms with van der Waals surface area (Å²) in [5.41, 5.74) is 2.04. The number of hydrogen-bond donors (Lipinski definition) is 0. The van der Waals surface area contributed by atoms with Gasteiger partial charge in [-0.3, -0.25) is 0 Å². The SMILES string of the molecule is CCCCN(CCC1CN(c2cnc3c(C#N)nn([C@H](C)c4ccc(Cl)cc4Cl)c3n2)C1)CCS(C)(=O)=O. The van der Waals surface area contributed by atoms with E-state index in [1.54, 1.807) is 23.0 Å². The second-order valence-electron chi connectivity index (χ2n) is 10.0. The minimum Gasteiger partial charge on any atom is -0.355 e. The normalized spacial score (nSPS) is 15.1.